The molecule has 0 aliphatic rings. The van der Waals surface area contributed by atoms with Gasteiger partial charge in [-0.3, -0.25) is 9.36 Å². The zero-order valence-electron chi connectivity index (χ0n) is 16.8. The third-order valence-corrected chi connectivity index (χ3v) is 5.94. The Bertz CT molecular complexity index is 1500. The van der Waals surface area contributed by atoms with Gasteiger partial charge in [-0.15, -0.1) is 0 Å². The van der Waals surface area contributed by atoms with Gasteiger partial charge in [0.2, 0.25) is 0 Å². The minimum Gasteiger partial charge on any atom is -0.356 e. The van der Waals surface area contributed by atoms with Crippen LogP contribution in [-0.4, -0.2) is 14.7 Å². The van der Waals surface area contributed by atoms with E-state index in [-0.39, 0.29) is 5.56 Å². The molecule has 0 atom stereocenters. The maximum absolute atomic E-state index is 13.3. The molecule has 0 saturated carbocycles. The van der Waals surface area contributed by atoms with Gasteiger partial charge in [-0.05, 0) is 36.4 Å². The van der Waals surface area contributed by atoms with Crippen molar-refractivity contribution in [1.29, 1.82) is 5.26 Å². The molecule has 0 aliphatic carbocycles. The van der Waals surface area contributed by atoms with Gasteiger partial charge < -0.3 is 4.52 Å². The fraction of sp³-hybridized carbons (Fsp3) is 0.0400. The molecule has 0 radical (unpaired) electrons. The number of hydrogen-bond acceptors (Lipinski definition) is 6. The van der Waals surface area contributed by atoms with Crippen LogP contribution in [0.2, 0.25) is 0 Å². The van der Waals surface area contributed by atoms with Crippen LogP contribution in [0, 0.1) is 11.3 Å². The molecular weight excluding hydrogens is 420 g/mol. The van der Waals surface area contributed by atoms with Gasteiger partial charge in [0.1, 0.15) is 0 Å². The zero-order chi connectivity index (χ0) is 21.9. The van der Waals surface area contributed by atoms with E-state index in [2.05, 4.69) is 11.2 Å². The number of para-hydroxylation sites is 1. The number of aromatic nitrogens is 3. The summed E-state index contributed by atoms with van der Waals surface area (Å²) < 4.78 is 7.07. The maximum atomic E-state index is 13.3. The molecule has 3 aromatic carbocycles. The van der Waals surface area contributed by atoms with Crippen LogP contribution < -0.4 is 5.56 Å². The van der Waals surface area contributed by atoms with Crippen LogP contribution in [0.25, 0.3) is 27.9 Å². The zero-order valence-corrected chi connectivity index (χ0v) is 17.6. The van der Waals surface area contributed by atoms with Crippen molar-refractivity contribution in [1.82, 2.24) is 14.7 Å². The normalized spacial score (nSPS) is 10.8. The largest absolute Gasteiger partial charge is 0.356 e. The molecule has 32 heavy (non-hydrogen) atoms. The molecule has 7 heteroatoms. The van der Waals surface area contributed by atoms with Crippen LogP contribution >= 0.6 is 11.8 Å². The second-order valence-electron chi connectivity index (χ2n) is 7.05. The van der Waals surface area contributed by atoms with E-state index in [9.17, 15) is 4.79 Å². The molecule has 6 nitrogen and oxygen atoms in total. The van der Waals surface area contributed by atoms with Gasteiger partial charge in [-0.1, -0.05) is 59.4 Å². The summed E-state index contributed by atoms with van der Waals surface area (Å²) in [7, 11) is 0. The second kappa shape index (κ2) is 8.53. The number of rotatable bonds is 5. The summed E-state index contributed by atoms with van der Waals surface area (Å²) in [5.41, 5.74) is 3.36. The molecule has 0 bridgehead atoms. The van der Waals surface area contributed by atoms with Crippen LogP contribution in [-0.2, 0) is 5.75 Å². The maximum Gasteiger partial charge on any atom is 0.266 e. The van der Waals surface area contributed by atoms with Gasteiger partial charge in [0, 0.05) is 17.4 Å². The number of benzene rings is 3. The van der Waals surface area contributed by atoms with Gasteiger partial charge in [-0.2, -0.15) is 5.26 Å². The Labute approximate surface area is 187 Å². The van der Waals surface area contributed by atoms with Crippen molar-refractivity contribution in [3.05, 3.63) is 107 Å². The van der Waals surface area contributed by atoms with E-state index in [4.69, 9.17) is 14.8 Å². The molecule has 0 spiro atoms. The molecule has 5 rings (SSSR count). The molecular formula is C25H16N4O2S. The Morgan fingerprint density at radius 3 is 2.50 bits per heavy atom. The van der Waals surface area contributed by atoms with Gasteiger partial charge in [-0.25, -0.2) is 4.98 Å². The standard InChI is InChI=1S/C25H16N4O2S/c26-15-17-10-12-20(13-11-17)29-24(30)21-8-4-5-9-22(21)27-25(29)32-16-19-14-23(31-28-19)18-6-2-1-3-7-18/h1-14H,16H2. The molecule has 154 valence electrons. The Morgan fingerprint density at radius 1 is 0.969 bits per heavy atom. The molecule has 0 aliphatic heterocycles. The first-order valence-electron chi connectivity index (χ1n) is 9.89. The SMILES string of the molecule is N#Cc1ccc(-n2c(SCc3cc(-c4ccccc4)on3)nc3ccccc3c2=O)cc1. The number of nitriles is 1. The van der Waals surface area contributed by atoms with Crippen molar-refractivity contribution >= 4 is 22.7 Å². The summed E-state index contributed by atoms with van der Waals surface area (Å²) in [5.74, 6) is 1.18. The fourth-order valence-corrected chi connectivity index (χ4v) is 4.27. The molecule has 0 saturated heterocycles. The Hall–Kier alpha value is -4.15. The topological polar surface area (TPSA) is 84.7 Å². The van der Waals surface area contributed by atoms with Crippen molar-refractivity contribution in [2.75, 3.05) is 0 Å². The van der Waals surface area contributed by atoms with Crippen LogP contribution in [0.5, 0.6) is 0 Å². The number of thioether (sulfide) groups is 1. The summed E-state index contributed by atoms with van der Waals surface area (Å²) >= 11 is 1.41. The third kappa shape index (κ3) is 3.80. The first kappa shape index (κ1) is 19.8. The predicted octanol–water partition coefficient (Wildman–Crippen LogP) is 5.20. The Kier molecular flexibility index (Phi) is 5.28. The summed E-state index contributed by atoms with van der Waals surface area (Å²) in [6.45, 7) is 0. The van der Waals surface area contributed by atoms with Crippen LogP contribution in [0.3, 0.4) is 0 Å². The fourth-order valence-electron chi connectivity index (χ4n) is 3.38. The van der Waals surface area contributed by atoms with Crippen LogP contribution in [0.4, 0.5) is 0 Å². The summed E-state index contributed by atoms with van der Waals surface area (Å²) in [6, 6.07) is 27.9. The Balaban J connectivity index is 1.52. The lowest BCUT2D eigenvalue weighted by Crippen LogP contribution is -2.21. The first-order chi connectivity index (χ1) is 15.7. The third-order valence-electron chi connectivity index (χ3n) is 4.97. The summed E-state index contributed by atoms with van der Waals surface area (Å²) in [5, 5.41) is 14.3. The molecule has 0 unspecified atom stereocenters. The van der Waals surface area contributed by atoms with Crippen LogP contribution in [0.15, 0.2) is 99.4 Å². The molecule has 2 aromatic heterocycles. The predicted molar refractivity (Wildman–Crippen MR) is 124 cm³/mol. The highest BCUT2D eigenvalue weighted by molar-refractivity contribution is 7.98. The average molecular weight is 436 g/mol. The van der Waals surface area contributed by atoms with Crippen LogP contribution in [0.1, 0.15) is 11.3 Å². The number of hydrogen-bond donors (Lipinski definition) is 0. The summed E-state index contributed by atoms with van der Waals surface area (Å²) in [4.78, 5) is 18.1. The van der Waals surface area contributed by atoms with Crippen molar-refractivity contribution in [3.63, 3.8) is 0 Å². The molecule has 0 N–H and O–H groups in total. The highest BCUT2D eigenvalue weighted by Gasteiger charge is 2.15. The van der Waals surface area contributed by atoms with Gasteiger partial charge in [0.25, 0.3) is 5.56 Å². The molecule has 0 fully saturated rings. The minimum atomic E-state index is -0.159. The lowest BCUT2D eigenvalue weighted by molar-refractivity contribution is 0.426. The number of nitrogens with zero attached hydrogens (tertiary/aromatic N) is 4. The highest BCUT2D eigenvalue weighted by Crippen LogP contribution is 2.27. The van der Waals surface area contributed by atoms with Crippen molar-refractivity contribution in [3.8, 4) is 23.1 Å². The lowest BCUT2D eigenvalue weighted by atomic mass is 10.2. The molecule has 2 heterocycles. The van der Waals surface area contributed by atoms with Crippen molar-refractivity contribution in [2.45, 2.75) is 10.9 Å². The van der Waals surface area contributed by atoms with E-state index < -0.39 is 0 Å². The van der Waals surface area contributed by atoms with Gasteiger partial charge in [0.15, 0.2) is 10.9 Å². The van der Waals surface area contributed by atoms with E-state index in [1.807, 2.05) is 54.6 Å². The highest BCUT2D eigenvalue weighted by atomic mass is 32.2. The quantitative estimate of drug-likeness (QED) is 0.278. The van der Waals surface area contributed by atoms with Gasteiger partial charge >= 0.3 is 0 Å². The number of fused-ring (bicyclic) bond motifs is 1. The van der Waals surface area contributed by atoms with E-state index in [1.54, 1.807) is 34.9 Å². The second-order valence-corrected chi connectivity index (χ2v) is 7.99. The van der Waals surface area contributed by atoms with Crippen molar-refractivity contribution in [2.24, 2.45) is 0 Å². The van der Waals surface area contributed by atoms with E-state index in [0.717, 1.165) is 11.3 Å². The lowest BCUT2D eigenvalue weighted by Gasteiger charge is -2.12. The molecule has 5 aromatic rings. The van der Waals surface area contributed by atoms with E-state index in [1.165, 1.54) is 11.8 Å². The first-order valence-corrected chi connectivity index (χ1v) is 10.9. The van der Waals surface area contributed by atoms with E-state index in [0.29, 0.717) is 38.8 Å². The average Bonchev–Trinajstić information content (AvgIpc) is 3.33. The van der Waals surface area contributed by atoms with E-state index >= 15 is 0 Å². The van der Waals surface area contributed by atoms with Gasteiger partial charge in [0.05, 0.1) is 33.9 Å². The Morgan fingerprint density at radius 2 is 1.72 bits per heavy atom. The molecule has 0 amide bonds. The minimum absolute atomic E-state index is 0.159. The summed E-state index contributed by atoms with van der Waals surface area (Å²) in [6.07, 6.45) is 0. The monoisotopic (exact) mass is 436 g/mol. The van der Waals surface area contributed by atoms with Crippen molar-refractivity contribution < 1.29 is 4.52 Å². The smallest absolute Gasteiger partial charge is 0.266 e.